The van der Waals surface area contributed by atoms with E-state index in [1.165, 1.54) is 79.6 Å². The number of anilines is 1. The van der Waals surface area contributed by atoms with Crippen molar-refractivity contribution in [3.63, 3.8) is 0 Å². The molecule has 0 bridgehead atoms. The van der Waals surface area contributed by atoms with E-state index in [9.17, 15) is 26.8 Å². The third kappa shape index (κ3) is 6.86. The van der Waals surface area contributed by atoms with Crippen LogP contribution in [0.3, 0.4) is 0 Å². The van der Waals surface area contributed by atoms with Crippen molar-refractivity contribution in [1.82, 2.24) is 10.2 Å². The molecule has 0 aromatic heterocycles. The SMILES string of the molecule is CCNC(=O)C(C)N(Cc1ccc(F)cc1)C(=O)CN(c1ccc(F)cc1)S(=O)(=O)c1ccc(OC)cc1. The number of hydrogen-bond donors (Lipinski definition) is 1. The van der Waals surface area contributed by atoms with E-state index in [1.807, 2.05) is 0 Å². The Hall–Kier alpha value is -3.99. The molecule has 1 unspecified atom stereocenters. The number of nitrogens with one attached hydrogen (secondary N) is 1. The summed E-state index contributed by atoms with van der Waals surface area (Å²) < 4.78 is 60.4. The molecular formula is C27H29F2N3O5S. The normalized spacial score (nSPS) is 11.9. The van der Waals surface area contributed by atoms with Gasteiger partial charge in [-0.05, 0) is 80.1 Å². The highest BCUT2D eigenvalue weighted by Gasteiger charge is 2.32. The van der Waals surface area contributed by atoms with Crippen LogP contribution in [0.15, 0.2) is 77.7 Å². The third-order valence-corrected chi connectivity index (χ3v) is 7.61. The van der Waals surface area contributed by atoms with Crippen molar-refractivity contribution in [1.29, 1.82) is 0 Å². The first-order valence-electron chi connectivity index (χ1n) is 11.8. The lowest BCUT2D eigenvalue weighted by atomic mass is 10.1. The molecule has 1 N–H and O–H groups in total. The van der Waals surface area contributed by atoms with Crippen LogP contribution >= 0.6 is 0 Å². The van der Waals surface area contributed by atoms with Crippen LogP contribution in [0.5, 0.6) is 5.75 Å². The Balaban J connectivity index is 2.01. The van der Waals surface area contributed by atoms with E-state index in [0.29, 0.717) is 17.9 Å². The zero-order valence-corrected chi connectivity index (χ0v) is 22.0. The molecule has 1 atom stereocenters. The highest BCUT2D eigenvalue weighted by Crippen LogP contribution is 2.26. The van der Waals surface area contributed by atoms with Crippen LogP contribution in [0.1, 0.15) is 19.4 Å². The van der Waals surface area contributed by atoms with Crippen molar-refractivity contribution in [3.05, 3.63) is 90.0 Å². The second-order valence-corrected chi connectivity index (χ2v) is 10.2. The van der Waals surface area contributed by atoms with Crippen molar-refractivity contribution in [2.75, 3.05) is 24.5 Å². The van der Waals surface area contributed by atoms with Crippen molar-refractivity contribution >= 4 is 27.5 Å². The molecule has 0 aliphatic heterocycles. The highest BCUT2D eigenvalue weighted by molar-refractivity contribution is 7.92. The van der Waals surface area contributed by atoms with Crippen LogP contribution in [0, 0.1) is 11.6 Å². The van der Waals surface area contributed by atoms with E-state index < -0.39 is 46.1 Å². The monoisotopic (exact) mass is 545 g/mol. The van der Waals surface area contributed by atoms with Crippen molar-refractivity contribution < 1.29 is 31.5 Å². The van der Waals surface area contributed by atoms with Gasteiger partial charge in [-0.1, -0.05) is 12.1 Å². The van der Waals surface area contributed by atoms with E-state index in [1.54, 1.807) is 6.92 Å². The summed E-state index contributed by atoms with van der Waals surface area (Å²) in [5.41, 5.74) is 0.602. The maximum atomic E-state index is 13.7. The summed E-state index contributed by atoms with van der Waals surface area (Å²) in [5, 5.41) is 2.66. The fourth-order valence-corrected chi connectivity index (χ4v) is 5.12. The van der Waals surface area contributed by atoms with Gasteiger partial charge >= 0.3 is 0 Å². The van der Waals surface area contributed by atoms with Crippen LogP contribution in [-0.2, 0) is 26.2 Å². The number of ether oxygens (including phenoxy) is 1. The largest absolute Gasteiger partial charge is 0.497 e. The molecule has 0 saturated heterocycles. The van der Waals surface area contributed by atoms with Gasteiger partial charge in [0.15, 0.2) is 0 Å². The minimum absolute atomic E-state index is 0.0583. The summed E-state index contributed by atoms with van der Waals surface area (Å²) in [6.07, 6.45) is 0. The number of carbonyl (C=O) groups is 2. The molecule has 0 fully saturated rings. The lowest BCUT2D eigenvalue weighted by Gasteiger charge is -2.32. The Morgan fingerprint density at radius 3 is 2.00 bits per heavy atom. The maximum absolute atomic E-state index is 13.7. The lowest BCUT2D eigenvalue weighted by Crippen LogP contribution is -2.51. The van der Waals surface area contributed by atoms with Crippen molar-refractivity contribution in [2.45, 2.75) is 31.3 Å². The zero-order chi connectivity index (χ0) is 27.9. The summed E-state index contributed by atoms with van der Waals surface area (Å²) in [5.74, 6) is -1.72. The Morgan fingerprint density at radius 2 is 1.47 bits per heavy atom. The maximum Gasteiger partial charge on any atom is 0.264 e. The van der Waals surface area contributed by atoms with Crippen LogP contribution in [-0.4, -0.2) is 51.4 Å². The molecule has 3 rings (SSSR count). The van der Waals surface area contributed by atoms with Crippen LogP contribution in [0.2, 0.25) is 0 Å². The predicted molar refractivity (Wildman–Crippen MR) is 139 cm³/mol. The minimum atomic E-state index is -4.30. The summed E-state index contributed by atoms with van der Waals surface area (Å²) in [6, 6.07) is 14.7. The summed E-state index contributed by atoms with van der Waals surface area (Å²) in [7, 11) is -2.85. The number of benzene rings is 3. The van der Waals surface area contributed by atoms with Crippen molar-refractivity contribution in [3.8, 4) is 5.75 Å². The molecule has 11 heteroatoms. The fourth-order valence-electron chi connectivity index (χ4n) is 3.70. The number of nitrogens with zero attached hydrogens (tertiary/aromatic N) is 2. The van der Waals surface area contributed by atoms with Gasteiger partial charge in [0, 0.05) is 13.1 Å². The number of hydrogen-bond acceptors (Lipinski definition) is 5. The average Bonchev–Trinajstić information content (AvgIpc) is 2.91. The molecule has 3 aromatic rings. The Morgan fingerprint density at radius 1 is 0.921 bits per heavy atom. The third-order valence-electron chi connectivity index (χ3n) is 5.83. The van der Waals surface area contributed by atoms with E-state index in [2.05, 4.69) is 5.32 Å². The number of amides is 2. The molecule has 0 spiro atoms. The van der Waals surface area contributed by atoms with Gasteiger partial charge in [-0.25, -0.2) is 17.2 Å². The van der Waals surface area contributed by atoms with Crippen LogP contribution < -0.4 is 14.4 Å². The minimum Gasteiger partial charge on any atom is -0.497 e. The number of likely N-dealkylation sites (N-methyl/N-ethyl adjacent to an activating group) is 1. The van der Waals surface area contributed by atoms with Crippen LogP contribution in [0.25, 0.3) is 0 Å². The molecule has 3 aromatic carbocycles. The summed E-state index contributed by atoms with van der Waals surface area (Å²) in [6.45, 7) is 2.83. The number of methoxy groups -OCH3 is 1. The van der Waals surface area contributed by atoms with E-state index >= 15 is 0 Å². The number of sulfonamides is 1. The number of carbonyl (C=O) groups excluding carboxylic acids is 2. The first-order valence-corrected chi connectivity index (χ1v) is 13.2. The quantitative estimate of drug-likeness (QED) is 0.396. The smallest absolute Gasteiger partial charge is 0.264 e. The van der Waals surface area contributed by atoms with E-state index in [4.69, 9.17) is 4.74 Å². The topological polar surface area (TPSA) is 96.0 Å². The summed E-state index contributed by atoms with van der Waals surface area (Å²) in [4.78, 5) is 27.4. The van der Waals surface area contributed by atoms with Gasteiger partial charge in [0.2, 0.25) is 11.8 Å². The van der Waals surface area contributed by atoms with Gasteiger partial charge in [-0.15, -0.1) is 0 Å². The van der Waals surface area contributed by atoms with E-state index in [-0.39, 0.29) is 17.1 Å². The number of halogens is 2. The average molecular weight is 546 g/mol. The molecule has 0 radical (unpaired) electrons. The fraction of sp³-hybridized carbons (Fsp3) is 0.259. The van der Waals surface area contributed by atoms with Crippen LogP contribution in [0.4, 0.5) is 14.5 Å². The second-order valence-electron chi connectivity index (χ2n) is 8.38. The summed E-state index contributed by atoms with van der Waals surface area (Å²) >= 11 is 0. The zero-order valence-electron chi connectivity index (χ0n) is 21.2. The van der Waals surface area contributed by atoms with Crippen molar-refractivity contribution in [2.24, 2.45) is 0 Å². The van der Waals surface area contributed by atoms with Gasteiger partial charge in [-0.3, -0.25) is 13.9 Å². The predicted octanol–water partition coefficient (Wildman–Crippen LogP) is 3.72. The second kappa shape index (κ2) is 12.5. The Bertz CT molecular complexity index is 1350. The van der Waals surface area contributed by atoms with Gasteiger partial charge in [0.05, 0.1) is 17.7 Å². The standard InChI is InChI=1S/C27H29F2N3O5S/c1-4-30-27(34)19(2)31(17-20-5-7-21(28)8-6-20)26(33)18-32(23-11-9-22(29)10-12-23)38(35,36)25-15-13-24(37-3)14-16-25/h5-16,19H,4,17-18H2,1-3H3,(H,30,34). The van der Waals surface area contributed by atoms with Gasteiger partial charge in [0.25, 0.3) is 10.0 Å². The molecule has 0 saturated carbocycles. The first kappa shape index (κ1) is 28.6. The molecule has 38 heavy (non-hydrogen) atoms. The Labute approximate surface area is 220 Å². The number of rotatable bonds is 11. The first-order chi connectivity index (χ1) is 18.1. The molecule has 2 amide bonds. The molecule has 8 nitrogen and oxygen atoms in total. The lowest BCUT2D eigenvalue weighted by molar-refractivity contribution is -0.139. The van der Waals surface area contributed by atoms with Gasteiger partial charge < -0.3 is 15.0 Å². The van der Waals surface area contributed by atoms with E-state index in [0.717, 1.165) is 16.4 Å². The molecular weight excluding hydrogens is 516 g/mol. The molecule has 0 aliphatic carbocycles. The Kier molecular flexibility index (Phi) is 9.40. The van der Waals surface area contributed by atoms with Gasteiger partial charge in [-0.2, -0.15) is 0 Å². The molecule has 0 aliphatic rings. The molecule has 202 valence electrons. The van der Waals surface area contributed by atoms with Gasteiger partial charge in [0.1, 0.15) is 30.0 Å². The highest BCUT2D eigenvalue weighted by atomic mass is 32.2. The molecule has 0 heterocycles.